The summed E-state index contributed by atoms with van der Waals surface area (Å²) < 4.78 is 15.3. The number of nitrogens with zero attached hydrogens (tertiary/aromatic N) is 2. The van der Waals surface area contributed by atoms with Crippen LogP contribution < -0.4 is 10.6 Å². The Morgan fingerprint density at radius 3 is 2.54 bits per heavy atom. The van der Waals surface area contributed by atoms with Crippen LogP contribution in [0.4, 0.5) is 15.9 Å². The second kappa shape index (κ2) is 7.42. The van der Waals surface area contributed by atoms with Gasteiger partial charge in [0, 0.05) is 17.4 Å². The highest BCUT2D eigenvalue weighted by Gasteiger charge is 2.10. The van der Waals surface area contributed by atoms with E-state index in [1.54, 1.807) is 29.1 Å². The third-order valence-corrected chi connectivity index (χ3v) is 3.75. The zero-order valence-electron chi connectivity index (χ0n) is 12.5. The summed E-state index contributed by atoms with van der Waals surface area (Å²) in [4.78, 5) is 0. The van der Waals surface area contributed by atoms with Crippen LogP contribution in [0, 0.1) is 5.82 Å². The van der Waals surface area contributed by atoms with Crippen LogP contribution in [-0.4, -0.2) is 14.9 Å². The molecule has 7 heteroatoms. The van der Waals surface area contributed by atoms with Crippen LogP contribution in [-0.2, 0) is 6.54 Å². The van der Waals surface area contributed by atoms with Gasteiger partial charge in [-0.25, -0.2) is 4.39 Å². The molecule has 3 aromatic rings. The number of hydrogen-bond acceptors (Lipinski definition) is 2. The molecule has 0 spiro atoms. The highest BCUT2D eigenvalue weighted by Crippen LogP contribution is 2.21. The van der Waals surface area contributed by atoms with Crippen molar-refractivity contribution in [3.05, 3.63) is 77.2 Å². The lowest BCUT2D eigenvalue weighted by atomic mass is 10.2. The lowest BCUT2D eigenvalue weighted by Crippen LogP contribution is -2.19. The van der Waals surface area contributed by atoms with Crippen molar-refractivity contribution in [2.75, 3.05) is 10.6 Å². The smallest absolute Gasteiger partial charge is 0.176 e. The van der Waals surface area contributed by atoms with Gasteiger partial charge in [0.25, 0.3) is 0 Å². The van der Waals surface area contributed by atoms with Crippen LogP contribution in [0.1, 0.15) is 5.56 Å². The molecular weight excluding hydrogens is 347 g/mol. The largest absolute Gasteiger partial charge is 0.332 e. The van der Waals surface area contributed by atoms with Crippen LogP contribution in [0.25, 0.3) is 0 Å². The SMILES string of the molecule is Fc1ccccc1Cn1cc(Cl)c(NC(=S)Nc2ccccc2)n1. The van der Waals surface area contributed by atoms with Gasteiger partial charge >= 0.3 is 0 Å². The second-order valence-corrected chi connectivity index (χ2v) is 5.88. The standard InChI is InChI=1S/C17H14ClFN4S/c18-14-11-23(10-12-6-4-5-9-15(12)19)22-16(14)21-17(24)20-13-7-2-1-3-8-13/h1-9,11H,10H2,(H2,20,21,22,24). The van der Waals surface area contributed by atoms with Crippen LogP contribution in [0.5, 0.6) is 0 Å². The zero-order chi connectivity index (χ0) is 16.9. The number of thiocarbonyl (C=S) groups is 1. The Kier molecular flexibility index (Phi) is 5.08. The average Bonchev–Trinajstić information content (AvgIpc) is 2.90. The Morgan fingerprint density at radius 2 is 1.79 bits per heavy atom. The lowest BCUT2D eigenvalue weighted by molar-refractivity contribution is 0.586. The number of para-hydroxylation sites is 1. The summed E-state index contributed by atoms with van der Waals surface area (Å²) in [6.07, 6.45) is 1.63. The van der Waals surface area contributed by atoms with Gasteiger partial charge in [-0.15, -0.1) is 0 Å². The fraction of sp³-hybridized carbons (Fsp3) is 0.0588. The molecule has 0 fully saturated rings. The van der Waals surface area contributed by atoms with Gasteiger partial charge in [0.2, 0.25) is 0 Å². The lowest BCUT2D eigenvalue weighted by Gasteiger charge is -2.08. The van der Waals surface area contributed by atoms with E-state index in [2.05, 4.69) is 15.7 Å². The van der Waals surface area contributed by atoms with Crippen molar-refractivity contribution >= 4 is 40.4 Å². The molecule has 0 saturated heterocycles. The van der Waals surface area contributed by atoms with Crippen molar-refractivity contribution in [3.63, 3.8) is 0 Å². The molecule has 24 heavy (non-hydrogen) atoms. The van der Waals surface area contributed by atoms with Crippen molar-refractivity contribution < 1.29 is 4.39 Å². The summed E-state index contributed by atoms with van der Waals surface area (Å²) >= 11 is 11.4. The third kappa shape index (κ3) is 4.10. The van der Waals surface area contributed by atoms with E-state index >= 15 is 0 Å². The molecule has 2 aromatic carbocycles. The fourth-order valence-corrected chi connectivity index (χ4v) is 2.57. The maximum Gasteiger partial charge on any atom is 0.176 e. The molecule has 3 rings (SSSR count). The topological polar surface area (TPSA) is 41.9 Å². The van der Waals surface area contributed by atoms with Gasteiger partial charge in [-0.05, 0) is 30.4 Å². The van der Waals surface area contributed by atoms with Gasteiger partial charge in [0.05, 0.1) is 6.54 Å². The minimum Gasteiger partial charge on any atom is -0.332 e. The molecule has 0 aliphatic heterocycles. The van der Waals surface area contributed by atoms with E-state index in [1.165, 1.54) is 6.07 Å². The minimum absolute atomic E-state index is 0.278. The van der Waals surface area contributed by atoms with Crippen molar-refractivity contribution in [2.24, 2.45) is 0 Å². The van der Waals surface area contributed by atoms with Gasteiger partial charge in [-0.2, -0.15) is 5.10 Å². The molecule has 0 radical (unpaired) electrons. The number of rotatable bonds is 4. The molecule has 1 aromatic heterocycles. The van der Waals surface area contributed by atoms with E-state index in [0.717, 1.165) is 5.69 Å². The molecule has 0 amide bonds. The predicted octanol–water partition coefficient (Wildman–Crippen LogP) is 4.53. The maximum absolute atomic E-state index is 13.7. The van der Waals surface area contributed by atoms with E-state index in [4.69, 9.17) is 23.8 Å². The molecule has 122 valence electrons. The van der Waals surface area contributed by atoms with Gasteiger partial charge in [0.15, 0.2) is 10.9 Å². The fourth-order valence-electron chi connectivity index (χ4n) is 2.16. The van der Waals surface area contributed by atoms with E-state index in [1.807, 2.05) is 30.3 Å². The molecule has 0 atom stereocenters. The number of aromatic nitrogens is 2. The molecule has 0 saturated carbocycles. The van der Waals surface area contributed by atoms with Crippen molar-refractivity contribution in [2.45, 2.75) is 6.54 Å². The van der Waals surface area contributed by atoms with Crippen molar-refractivity contribution in [3.8, 4) is 0 Å². The van der Waals surface area contributed by atoms with Crippen LogP contribution in [0.3, 0.4) is 0 Å². The Bertz CT molecular complexity index is 851. The van der Waals surface area contributed by atoms with E-state index in [9.17, 15) is 4.39 Å². The quantitative estimate of drug-likeness (QED) is 0.671. The maximum atomic E-state index is 13.7. The first-order chi connectivity index (χ1) is 11.6. The number of hydrogen-bond donors (Lipinski definition) is 2. The monoisotopic (exact) mass is 360 g/mol. The predicted molar refractivity (Wildman–Crippen MR) is 99.0 cm³/mol. The molecule has 2 N–H and O–H groups in total. The molecular formula is C17H14ClFN4S. The normalized spacial score (nSPS) is 10.4. The number of anilines is 2. The summed E-state index contributed by atoms with van der Waals surface area (Å²) in [5.74, 6) is 0.140. The summed E-state index contributed by atoms with van der Waals surface area (Å²) in [5.41, 5.74) is 1.39. The van der Waals surface area contributed by atoms with Crippen LogP contribution in [0.2, 0.25) is 5.02 Å². The van der Waals surface area contributed by atoms with Crippen LogP contribution in [0.15, 0.2) is 60.8 Å². The number of halogens is 2. The first-order valence-corrected chi connectivity index (χ1v) is 8.00. The molecule has 0 aliphatic carbocycles. The second-order valence-electron chi connectivity index (χ2n) is 5.06. The summed E-state index contributed by atoms with van der Waals surface area (Å²) in [6.45, 7) is 0.285. The van der Waals surface area contributed by atoms with Gasteiger partial charge in [0.1, 0.15) is 10.8 Å². The van der Waals surface area contributed by atoms with Gasteiger partial charge in [-0.3, -0.25) is 4.68 Å². The minimum atomic E-state index is -0.278. The molecule has 0 unspecified atom stereocenters. The Hall–Kier alpha value is -2.44. The summed E-state index contributed by atoms with van der Waals surface area (Å²) in [7, 11) is 0. The zero-order valence-corrected chi connectivity index (χ0v) is 14.1. The first-order valence-electron chi connectivity index (χ1n) is 7.21. The molecule has 0 aliphatic rings. The van der Waals surface area contributed by atoms with E-state index in [0.29, 0.717) is 21.5 Å². The Labute approximate surface area is 149 Å². The average molecular weight is 361 g/mol. The third-order valence-electron chi connectivity index (χ3n) is 3.27. The highest BCUT2D eigenvalue weighted by molar-refractivity contribution is 7.80. The Balaban J connectivity index is 1.68. The highest BCUT2D eigenvalue weighted by atomic mass is 35.5. The summed E-state index contributed by atoms with van der Waals surface area (Å²) in [5, 5.41) is 11.1. The number of benzene rings is 2. The van der Waals surface area contributed by atoms with Gasteiger partial charge in [-0.1, -0.05) is 48.0 Å². The molecule has 1 heterocycles. The number of nitrogens with one attached hydrogen (secondary N) is 2. The first kappa shape index (κ1) is 16.4. The summed E-state index contributed by atoms with van der Waals surface area (Å²) in [6, 6.07) is 16.1. The van der Waals surface area contributed by atoms with E-state index < -0.39 is 0 Å². The molecule has 0 bridgehead atoms. The van der Waals surface area contributed by atoms with E-state index in [-0.39, 0.29) is 12.4 Å². The molecule has 4 nitrogen and oxygen atoms in total. The van der Waals surface area contributed by atoms with Crippen molar-refractivity contribution in [1.82, 2.24) is 9.78 Å². The van der Waals surface area contributed by atoms with Crippen LogP contribution >= 0.6 is 23.8 Å². The van der Waals surface area contributed by atoms with Gasteiger partial charge < -0.3 is 10.6 Å². The van der Waals surface area contributed by atoms with Crippen molar-refractivity contribution in [1.29, 1.82) is 0 Å². The Morgan fingerprint density at radius 1 is 1.08 bits per heavy atom.